The van der Waals surface area contributed by atoms with Crippen LogP contribution in [0.25, 0.3) is 12.2 Å². The second kappa shape index (κ2) is 4.13. The Balaban J connectivity index is 2.96. The number of aromatic nitrogens is 1. The molecule has 0 spiro atoms. The van der Waals surface area contributed by atoms with Crippen LogP contribution in [0.15, 0.2) is 24.4 Å². The molecule has 13 heavy (non-hydrogen) atoms. The van der Waals surface area contributed by atoms with Gasteiger partial charge in [-0.15, -0.1) is 0 Å². The van der Waals surface area contributed by atoms with Gasteiger partial charge in [-0.05, 0) is 30.5 Å². The molecule has 0 atom stereocenters. The zero-order valence-corrected chi connectivity index (χ0v) is 8.59. The van der Waals surface area contributed by atoms with Crippen LogP contribution in [0.1, 0.15) is 32.0 Å². The molecule has 70 valence electrons. The van der Waals surface area contributed by atoms with Crippen LogP contribution < -0.4 is 0 Å². The van der Waals surface area contributed by atoms with Crippen LogP contribution in [-0.2, 0) is 0 Å². The van der Waals surface area contributed by atoms with Crippen molar-refractivity contribution in [2.75, 3.05) is 0 Å². The van der Waals surface area contributed by atoms with E-state index in [9.17, 15) is 0 Å². The summed E-state index contributed by atoms with van der Waals surface area (Å²) in [4.78, 5) is 3.19. The highest BCUT2D eigenvalue weighted by molar-refractivity contribution is 5.63. The van der Waals surface area contributed by atoms with E-state index in [0.29, 0.717) is 5.92 Å². The summed E-state index contributed by atoms with van der Waals surface area (Å²) in [6.45, 7) is 10.3. The topological polar surface area (TPSA) is 15.8 Å². The molecule has 1 heteroatoms. The Labute approximate surface area is 80.2 Å². The van der Waals surface area contributed by atoms with Gasteiger partial charge in [-0.3, -0.25) is 0 Å². The van der Waals surface area contributed by atoms with Gasteiger partial charge in [0.15, 0.2) is 0 Å². The molecule has 1 rings (SSSR count). The fourth-order valence-electron chi connectivity index (χ4n) is 1.09. The predicted octanol–water partition coefficient (Wildman–Crippen LogP) is 3.72. The Morgan fingerprint density at radius 2 is 2.23 bits per heavy atom. The van der Waals surface area contributed by atoms with E-state index >= 15 is 0 Å². The number of aromatic amines is 1. The highest BCUT2D eigenvalue weighted by Crippen LogP contribution is 2.16. The zero-order chi connectivity index (χ0) is 9.84. The van der Waals surface area contributed by atoms with Crippen LogP contribution in [0.3, 0.4) is 0 Å². The summed E-state index contributed by atoms with van der Waals surface area (Å²) in [5.74, 6) is 0.598. The van der Waals surface area contributed by atoms with Crippen molar-refractivity contribution in [3.63, 3.8) is 0 Å². The first-order chi connectivity index (χ1) is 6.15. The molecule has 0 fully saturated rings. The van der Waals surface area contributed by atoms with Crippen molar-refractivity contribution in [3.05, 3.63) is 35.7 Å². The molecule has 1 nitrogen and oxygen atoms in total. The molecular weight excluding hydrogens is 158 g/mol. The third-order valence-corrected chi connectivity index (χ3v) is 2.32. The summed E-state index contributed by atoms with van der Waals surface area (Å²) >= 11 is 0. The van der Waals surface area contributed by atoms with Crippen LogP contribution >= 0.6 is 0 Å². The maximum Gasteiger partial charge on any atom is 0.0453 e. The summed E-state index contributed by atoms with van der Waals surface area (Å²) in [5.41, 5.74) is 3.70. The molecule has 1 N–H and O–H groups in total. The maximum absolute atomic E-state index is 3.77. The molecule has 0 aliphatic carbocycles. The van der Waals surface area contributed by atoms with E-state index in [2.05, 4.69) is 38.4 Å². The van der Waals surface area contributed by atoms with E-state index < -0.39 is 0 Å². The average molecular weight is 175 g/mol. The molecule has 0 radical (unpaired) electrons. The monoisotopic (exact) mass is 175 g/mol. The number of hydrogen-bond donors (Lipinski definition) is 1. The first-order valence-electron chi connectivity index (χ1n) is 4.63. The standard InChI is InChI=1S/C12H17N/c1-5-11-6-7-13-12(11)8-10(4)9(2)3/h5-9,13H,1H2,2-4H3/b10-8+. The second-order valence-corrected chi connectivity index (χ2v) is 3.59. The third-order valence-electron chi connectivity index (χ3n) is 2.32. The van der Waals surface area contributed by atoms with E-state index in [4.69, 9.17) is 0 Å². The van der Waals surface area contributed by atoms with E-state index in [-0.39, 0.29) is 0 Å². The zero-order valence-electron chi connectivity index (χ0n) is 8.59. The predicted molar refractivity (Wildman–Crippen MR) is 59.4 cm³/mol. The number of hydrogen-bond acceptors (Lipinski definition) is 0. The van der Waals surface area contributed by atoms with Crippen LogP contribution in [-0.4, -0.2) is 4.98 Å². The molecule has 0 bridgehead atoms. The summed E-state index contributed by atoms with van der Waals surface area (Å²) in [6.07, 6.45) is 5.99. The van der Waals surface area contributed by atoms with Crippen LogP contribution in [0.4, 0.5) is 0 Å². The summed E-state index contributed by atoms with van der Waals surface area (Å²) < 4.78 is 0. The van der Waals surface area contributed by atoms with Gasteiger partial charge < -0.3 is 4.98 Å². The smallest absolute Gasteiger partial charge is 0.0453 e. The van der Waals surface area contributed by atoms with Crippen molar-refractivity contribution < 1.29 is 0 Å². The van der Waals surface area contributed by atoms with Crippen LogP contribution in [0, 0.1) is 5.92 Å². The first kappa shape index (κ1) is 9.85. The van der Waals surface area contributed by atoms with E-state index in [1.165, 1.54) is 11.1 Å². The molecule has 1 aromatic heterocycles. The van der Waals surface area contributed by atoms with Gasteiger partial charge in [-0.2, -0.15) is 0 Å². The molecule has 0 saturated carbocycles. The average Bonchev–Trinajstić information content (AvgIpc) is 2.51. The van der Waals surface area contributed by atoms with Crippen molar-refractivity contribution in [1.29, 1.82) is 0 Å². The number of nitrogens with one attached hydrogen (secondary N) is 1. The Kier molecular flexibility index (Phi) is 3.13. The van der Waals surface area contributed by atoms with Crippen molar-refractivity contribution in [2.45, 2.75) is 20.8 Å². The normalized spacial score (nSPS) is 12.2. The molecule has 1 aromatic rings. The van der Waals surface area contributed by atoms with Crippen molar-refractivity contribution in [2.24, 2.45) is 5.92 Å². The van der Waals surface area contributed by atoms with Crippen LogP contribution in [0.5, 0.6) is 0 Å². The van der Waals surface area contributed by atoms with Gasteiger partial charge in [-0.25, -0.2) is 0 Å². The first-order valence-corrected chi connectivity index (χ1v) is 4.63. The lowest BCUT2D eigenvalue weighted by molar-refractivity contribution is 0.775. The Hall–Kier alpha value is -1.24. The highest BCUT2D eigenvalue weighted by atomic mass is 14.7. The molecule has 0 aromatic carbocycles. The van der Waals surface area contributed by atoms with Gasteiger partial charge in [0.05, 0.1) is 0 Å². The second-order valence-electron chi connectivity index (χ2n) is 3.59. The lowest BCUT2D eigenvalue weighted by Gasteiger charge is -2.04. The minimum Gasteiger partial charge on any atom is -0.361 e. The maximum atomic E-state index is 3.77. The molecule has 0 amide bonds. The minimum atomic E-state index is 0.598. The minimum absolute atomic E-state index is 0.598. The summed E-state index contributed by atoms with van der Waals surface area (Å²) in [7, 11) is 0. The lowest BCUT2D eigenvalue weighted by Crippen LogP contribution is -1.88. The Bertz CT molecular complexity index is 316. The summed E-state index contributed by atoms with van der Waals surface area (Å²) in [5, 5.41) is 0. The van der Waals surface area contributed by atoms with Gasteiger partial charge in [0.1, 0.15) is 0 Å². The molecule has 0 aliphatic heterocycles. The number of allylic oxidation sites excluding steroid dienone is 1. The molecule has 1 heterocycles. The lowest BCUT2D eigenvalue weighted by atomic mass is 10.0. The van der Waals surface area contributed by atoms with Gasteiger partial charge in [0, 0.05) is 11.9 Å². The van der Waals surface area contributed by atoms with Gasteiger partial charge in [0.2, 0.25) is 0 Å². The number of rotatable bonds is 3. The quantitative estimate of drug-likeness (QED) is 0.720. The van der Waals surface area contributed by atoms with E-state index in [0.717, 1.165) is 5.69 Å². The fourth-order valence-corrected chi connectivity index (χ4v) is 1.09. The third kappa shape index (κ3) is 2.35. The van der Waals surface area contributed by atoms with Crippen LogP contribution in [0.2, 0.25) is 0 Å². The molecular formula is C12H17N. The largest absolute Gasteiger partial charge is 0.361 e. The molecule has 0 aliphatic rings. The van der Waals surface area contributed by atoms with E-state index in [1.54, 1.807) is 0 Å². The number of H-pyrrole nitrogens is 1. The van der Waals surface area contributed by atoms with Gasteiger partial charge >= 0.3 is 0 Å². The molecule has 0 unspecified atom stereocenters. The fraction of sp³-hybridized carbons (Fsp3) is 0.333. The highest BCUT2D eigenvalue weighted by Gasteiger charge is 2.00. The Morgan fingerprint density at radius 3 is 2.77 bits per heavy atom. The van der Waals surface area contributed by atoms with Gasteiger partial charge in [-0.1, -0.05) is 32.1 Å². The Morgan fingerprint density at radius 1 is 1.54 bits per heavy atom. The molecule has 0 saturated heterocycles. The SMILES string of the molecule is C=Cc1cc[nH]c1/C=C(\C)C(C)C. The summed E-state index contributed by atoms with van der Waals surface area (Å²) in [6, 6.07) is 2.03. The van der Waals surface area contributed by atoms with Gasteiger partial charge in [0.25, 0.3) is 0 Å². The van der Waals surface area contributed by atoms with Crippen molar-refractivity contribution in [1.82, 2.24) is 4.98 Å². The van der Waals surface area contributed by atoms with Crippen molar-refractivity contribution in [3.8, 4) is 0 Å². The van der Waals surface area contributed by atoms with Crippen molar-refractivity contribution >= 4 is 12.2 Å². The van der Waals surface area contributed by atoms with E-state index in [1.807, 2.05) is 18.3 Å².